The zero-order chi connectivity index (χ0) is 14.0. The highest BCUT2D eigenvalue weighted by molar-refractivity contribution is 5.94. The molecule has 0 amide bonds. The van der Waals surface area contributed by atoms with Gasteiger partial charge in [-0.15, -0.1) is 0 Å². The minimum atomic E-state index is -0.971. The van der Waals surface area contributed by atoms with Gasteiger partial charge in [0.1, 0.15) is 0 Å². The minimum Gasteiger partial charge on any atom is -0.478 e. The summed E-state index contributed by atoms with van der Waals surface area (Å²) >= 11 is 0. The lowest BCUT2D eigenvalue weighted by Gasteiger charge is -2.40. The number of hydrogen-bond acceptors (Lipinski definition) is 3. The summed E-state index contributed by atoms with van der Waals surface area (Å²) in [4.78, 5) is 13.2. The second-order valence-electron chi connectivity index (χ2n) is 5.73. The number of benzene rings is 1. The van der Waals surface area contributed by atoms with Crippen LogP contribution in [0.3, 0.4) is 0 Å². The van der Waals surface area contributed by atoms with Crippen molar-refractivity contribution in [3.05, 3.63) is 23.8 Å². The maximum atomic E-state index is 10.9. The van der Waals surface area contributed by atoms with E-state index in [1.54, 1.807) is 12.1 Å². The number of hydrogen-bond donors (Lipinski definition) is 2. The fourth-order valence-corrected chi connectivity index (χ4v) is 2.60. The van der Waals surface area contributed by atoms with Gasteiger partial charge in [-0.1, -0.05) is 20.3 Å². The first-order chi connectivity index (χ1) is 8.95. The lowest BCUT2D eigenvalue weighted by atomic mass is 9.78. The molecule has 0 aliphatic carbocycles. The van der Waals surface area contributed by atoms with Gasteiger partial charge < -0.3 is 15.7 Å². The molecule has 104 valence electrons. The number of nitrogens with two attached hydrogens (primary N) is 1. The van der Waals surface area contributed by atoms with Crippen LogP contribution >= 0.6 is 0 Å². The Kier molecular flexibility index (Phi) is 3.69. The summed E-state index contributed by atoms with van der Waals surface area (Å²) in [5.41, 5.74) is 7.80. The molecule has 0 bridgehead atoms. The van der Waals surface area contributed by atoms with E-state index >= 15 is 0 Å². The normalized spacial score (nSPS) is 18.3. The molecule has 0 radical (unpaired) electrons. The molecule has 1 aliphatic heterocycles. The molecular formula is C15H22N2O2. The molecule has 1 aromatic rings. The molecule has 0 aromatic heterocycles. The maximum absolute atomic E-state index is 10.9. The second-order valence-corrected chi connectivity index (χ2v) is 5.73. The third kappa shape index (κ3) is 2.83. The van der Waals surface area contributed by atoms with Crippen molar-refractivity contribution in [3.63, 3.8) is 0 Å². The van der Waals surface area contributed by atoms with Gasteiger partial charge in [-0.3, -0.25) is 0 Å². The number of carbonyl (C=O) groups is 1. The molecule has 1 heterocycles. The van der Waals surface area contributed by atoms with Crippen molar-refractivity contribution in [1.29, 1.82) is 0 Å². The van der Waals surface area contributed by atoms with Crippen LogP contribution < -0.4 is 10.6 Å². The van der Waals surface area contributed by atoms with Crippen molar-refractivity contribution in [2.45, 2.75) is 33.1 Å². The number of aromatic carboxylic acids is 1. The van der Waals surface area contributed by atoms with E-state index in [1.807, 2.05) is 6.07 Å². The van der Waals surface area contributed by atoms with Gasteiger partial charge in [0.2, 0.25) is 0 Å². The van der Waals surface area contributed by atoms with E-state index in [9.17, 15) is 4.79 Å². The molecule has 1 saturated heterocycles. The molecule has 0 saturated carbocycles. The average Bonchev–Trinajstić information content (AvgIpc) is 2.39. The molecule has 1 fully saturated rings. The molecule has 0 unspecified atom stereocenters. The van der Waals surface area contributed by atoms with E-state index in [4.69, 9.17) is 10.8 Å². The van der Waals surface area contributed by atoms with Crippen LogP contribution in [0.4, 0.5) is 11.4 Å². The largest absolute Gasteiger partial charge is 0.478 e. The van der Waals surface area contributed by atoms with Crippen LogP contribution in [0.2, 0.25) is 0 Å². The maximum Gasteiger partial charge on any atom is 0.337 e. The van der Waals surface area contributed by atoms with Crippen molar-refractivity contribution in [3.8, 4) is 0 Å². The number of piperidine rings is 1. The smallest absolute Gasteiger partial charge is 0.337 e. The van der Waals surface area contributed by atoms with Crippen LogP contribution in [-0.4, -0.2) is 24.2 Å². The number of rotatable bonds is 3. The predicted octanol–water partition coefficient (Wildman–Crippen LogP) is 2.98. The Labute approximate surface area is 114 Å². The highest BCUT2D eigenvalue weighted by Gasteiger charge is 2.28. The van der Waals surface area contributed by atoms with Gasteiger partial charge in [-0.2, -0.15) is 0 Å². The first-order valence-corrected chi connectivity index (χ1v) is 6.83. The quantitative estimate of drug-likeness (QED) is 0.822. The zero-order valence-corrected chi connectivity index (χ0v) is 11.6. The third-order valence-electron chi connectivity index (χ3n) is 4.45. The van der Waals surface area contributed by atoms with Crippen LogP contribution in [0.5, 0.6) is 0 Å². The average molecular weight is 262 g/mol. The predicted molar refractivity (Wildman–Crippen MR) is 77.7 cm³/mol. The lowest BCUT2D eigenvalue weighted by molar-refractivity contribution is 0.0698. The van der Waals surface area contributed by atoms with E-state index in [1.165, 1.54) is 19.3 Å². The number of carboxylic acids is 1. The highest BCUT2D eigenvalue weighted by atomic mass is 16.4. The fourth-order valence-electron chi connectivity index (χ4n) is 2.60. The summed E-state index contributed by atoms with van der Waals surface area (Å²) in [7, 11) is 0. The first-order valence-electron chi connectivity index (χ1n) is 6.83. The number of nitrogen functional groups attached to an aromatic ring is 1. The van der Waals surface area contributed by atoms with Crippen molar-refractivity contribution in [2.75, 3.05) is 23.7 Å². The Bertz CT molecular complexity index is 477. The molecule has 2 rings (SSSR count). The number of carboxylic acid groups (broad SMARTS) is 1. The van der Waals surface area contributed by atoms with Gasteiger partial charge in [0, 0.05) is 24.5 Å². The topological polar surface area (TPSA) is 66.6 Å². The Balaban J connectivity index is 2.12. The van der Waals surface area contributed by atoms with Crippen LogP contribution in [0.1, 0.15) is 43.5 Å². The summed E-state index contributed by atoms with van der Waals surface area (Å²) in [6, 6.07) is 5.23. The summed E-state index contributed by atoms with van der Waals surface area (Å²) in [5, 5.41) is 8.97. The summed E-state index contributed by atoms with van der Waals surface area (Å²) < 4.78 is 0. The van der Waals surface area contributed by atoms with Crippen molar-refractivity contribution in [2.24, 2.45) is 5.41 Å². The molecule has 0 atom stereocenters. The Morgan fingerprint density at radius 2 is 2.05 bits per heavy atom. The van der Waals surface area contributed by atoms with Crippen molar-refractivity contribution in [1.82, 2.24) is 0 Å². The van der Waals surface area contributed by atoms with Gasteiger partial charge >= 0.3 is 5.97 Å². The Hall–Kier alpha value is -1.71. The van der Waals surface area contributed by atoms with Gasteiger partial charge in [0.15, 0.2) is 0 Å². The van der Waals surface area contributed by atoms with Crippen LogP contribution in [0, 0.1) is 5.41 Å². The molecular weight excluding hydrogens is 240 g/mol. The first kappa shape index (κ1) is 13.7. The molecule has 1 aromatic carbocycles. The van der Waals surface area contributed by atoms with E-state index in [2.05, 4.69) is 18.7 Å². The lowest BCUT2D eigenvalue weighted by Crippen LogP contribution is -2.38. The molecule has 0 spiro atoms. The van der Waals surface area contributed by atoms with Gasteiger partial charge in [-0.25, -0.2) is 4.79 Å². The van der Waals surface area contributed by atoms with E-state index in [0.29, 0.717) is 11.1 Å². The number of anilines is 2. The van der Waals surface area contributed by atoms with Crippen LogP contribution in [0.25, 0.3) is 0 Å². The van der Waals surface area contributed by atoms with Gasteiger partial charge in [0.25, 0.3) is 0 Å². The summed E-state index contributed by atoms with van der Waals surface area (Å²) in [6.45, 7) is 6.61. The monoisotopic (exact) mass is 262 g/mol. The fraction of sp³-hybridized carbons (Fsp3) is 0.533. The molecule has 4 heteroatoms. The SMILES string of the molecule is CCC1(C)CCN(c2ccc(C(=O)O)c(N)c2)CC1. The third-order valence-corrected chi connectivity index (χ3v) is 4.45. The van der Waals surface area contributed by atoms with Crippen LogP contribution in [0.15, 0.2) is 18.2 Å². The minimum absolute atomic E-state index is 0.180. The van der Waals surface area contributed by atoms with Gasteiger partial charge in [-0.05, 0) is 36.5 Å². The summed E-state index contributed by atoms with van der Waals surface area (Å²) in [5.74, 6) is -0.971. The number of nitrogens with zero attached hydrogens (tertiary/aromatic N) is 1. The standard InChI is InChI=1S/C15H22N2O2/c1-3-15(2)6-8-17(9-7-15)11-4-5-12(14(18)19)13(16)10-11/h4-5,10H,3,6-9,16H2,1-2H3,(H,18,19). The Morgan fingerprint density at radius 3 is 2.53 bits per heavy atom. The highest BCUT2D eigenvalue weighted by Crippen LogP contribution is 2.36. The van der Waals surface area contributed by atoms with Gasteiger partial charge in [0.05, 0.1) is 5.56 Å². The van der Waals surface area contributed by atoms with Crippen molar-refractivity contribution < 1.29 is 9.90 Å². The summed E-state index contributed by atoms with van der Waals surface area (Å²) in [6.07, 6.45) is 3.55. The van der Waals surface area contributed by atoms with E-state index in [-0.39, 0.29) is 5.56 Å². The second kappa shape index (κ2) is 5.11. The van der Waals surface area contributed by atoms with E-state index in [0.717, 1.165) is 18.8 Å². The zero-order valence-electron chi connectivity index (χ0n) is 11.6. The van der Waals surface area contributed by atoms with E-state index < -0.39 is 5.97 Å². The van der Waals surface area contributed by atoms with Crippen LogP contribution in [-0.2, 0) is 0 Å². The molecule has 19 heavy (non-hydrogen) atoms. The molecule has 4 nitrogen and oxygen atoms in total. The molecule has 3 N–H and O–H groups in total. The Morgan fingerprint density at radius 1 is 1.42 bits per heavy atom. The molecule has 1 aliphatic rings. The van der Waals surface area contributed by atoms with Crippen molar-refractivity contribution >= 4 is 17.3 Å².